The molecule has 1 saturated carbocycles. The minimum absolute atomic E-state index is 0.0526. The SMILES string of the molecule is CSc1ccc(C(C)NC(=O)c2cnn(-c3ccccc3C)c2C2CC2)cc1. The number of carbonyl (C=O) groups excluding carboxylic acids is 1. The zero-order chi connectivity index (χ0) is 19.7. The lowest BCUT2D eigenvalue weighted by Crippen LogP contribution is -2.27. The second kappa shape index (κ2) is 7.84. The summed E-state index contributed by atoms with van der Waals surface area (Å²) in [6.07, 6.45) is 6.01. The summed E-state index contributed by atoms with van der Waals surface area (Å²) >= 11 is 1.72. The molecule has 1 amide bonds. The first-order valence-corrected chi connectivity index (χ1v) is 10.9. The molecule has 1 aromatic heterocycles. The van der Waals surface area contributed by atoms with E-state index in [1.165, 1.54) is 4.90 Å². The molecule has 0 spiro atoms. The number of benzene rings is 2. The van der Waals surface area contributed by atoms with E-state index in [2.05, 4.69) is 60.0 Å². The minimum Gasteiger partial charge on any atom is -0.345 e. The molecule has 5 heteroatoms. The van der Waals surface area contributed by atoms with E-state index < -0.39 is 0 Å². The summed E-state index contributed by atoms with van der Waals surface area (Å²) in [5.74, 6) is 0.363. The third-order valence-electron chi connectivity index (χ3n) is 5.32. The van der Waals surface area contributed by atoms with Crippen LogP contribution in [0.5, 0.6) is 0 Å². The van der Waals surface area contributed by atoms with Gasteiger partial charge in [0.15, 0.2) is 0 Å². The smallest absolute Gasteiger partial charge is 0.255 e. The maximum atomic E-state index is 13.1. The highest BCUT2D eigenvalue weighted by Gasteiger charge is 2.33. The van der Waals surface area contributed by atoms with Crippen LogP contribution in [0.15, 0.2) is 59.6 Å². The van der Waals surface area contributed by atoms with Gasteiger partial charge in [-0.2, -0.15) is 5.10 Å². The fourth-order valence-corrected chi connectivity index (χ4v) is 3.93. The summed E-state index contributed by atoms with van der Waals surface area (Å²) < 4.78 is 1.96. The largest absolute Gasteiger partial charge is 0.345 e. The fourth-order valence-electron chi connectivity index (χ4n) is 3.53. The van der Waals surface area contributed by atoms with Crippen molar-refractivity contribution in [3.8, 4) is 5.69 Å². The topological polar surface area (TPSA) is 46.9 Å². The Morgan fingerprint density at radius 2 is 1.89 bits per heavy atom. The molecule has 28 heavy (non-hydrogen) atoms. The van der Waals surface area contributed by atoms with Crippen molar-refractivity contribution < 1.29 is 4.79 Å². The summed E-state index contributed by atoms with van der Waals surface area (Å²) in [4.78, 5) is 14.3. The van der Waals surface area contributed by atoms with E-state index in [-0.39, 0.29) is 11.9 Å². The molecule has 1 unspecified atom stereocenters. The summed E-state index contributed by atoms with van der Waals surface area (Å²) in [7, 11) is 0. The van der Waals surface area contributed by atoms with Crippen LogP contribution in [-0.2, 0) is 0 Å². The fraction of sp³-hybridized carbons (Fsp3) is 0.304. The first kappa shape index (κ1) is 18.8. The molecule has 144 valence electrons. The molecule has 3 aromatic rings. The van der Waals surface area contributed by atoms with Gasteiger partial charge in [-0.15, -0.1) is 11.8 Å². The zero-order valence-corrected chi connectivity index (χ0v) is 17.3. The van der Waals surface area contributed by atoms with Crippen molar-refractivity contribution in [1.29, 1.82) is 0 Å². The molecule has 2 aromatic carbocycles. The number of hydrogen-bond donors (Lipinski definition) is 1. The van der Waals surface area contributed by atoms with Gasteiger partial charge in [-0.1, -0.05) is 30.3 Å². The van der Waals surface area contributed by atoms with Crippen molar-refractivity contribution in [3.63, 3.8) is 0 Å². The van der Waals surface area contributed by atoms with Crippen molar-refractivity contribution in [2.45, 2.75) is 43.5 Å². The van der Waals surface area contributed by atoms with Gasteiger partial charge in [0.25, 0.3) is 5.91 Å². The van der Waals surface area contributed by atoms with Gasteiger partial charge in [0.05, 0.1) is 29.2 Å². The Morgan fingerprint density at radius 1 is 1.18 bits per heavy atom. The molecule has 0 bridgehead atoms. The molecule has 1 aliphatic rings. The van der Waals surface area contributed by atoms with Crippen molar-refractivity contribution in [1.82, 2.24) is 15.1 Å². The number of thioether (sulfide) groups is 1. The zero-order valence-electron chi connectivity index (χ0n) is 16.5. The Bertz CT molecular complexity index is 989. The molecule has 4 rings (SSSR count). The molecule has 1 heterocycles. The first-order valence-electron chi connectivity index (χ1n) is 9.67. The van der Waals surface area contributed by atoms with Gasteiger partial charge in [0, 0.05) is 10.8 Å². The quantitative estimate of drug-likeness (QED) is 0.582. The molecular formula is C23H25N3OS. The molecule has 1 fully saturated rings. The molecule has 0 saturated heterocycles. The summed E-state index contributed by atoms with van der Waals surface area (Å²) in [5, 5.41) is 7.74. The number of nitrogens with zero attached hydrogens (tertiary/aromatic N) is 2. The summed E-state index contributed by atoms with van der Waals surface area (Å²) in [5.41, 5.74) is 5.03. The number of aromatic nitrogens is 2. The van der Waals surface area contributed by atoms with Crippen LogP contribution in [0, 0.1) is 6.92 Å². The van der Waals surface area contributed by atoms with Crippen LogP contribution in [0.1, 0.15) is 58.9 Å². The minimum atomic E-state index is -0.0581. The number of nitrogens with one attached hydrogen (secondary N) is 1. The van der Waals surface area contributed by atoms with Crippen LogP contribution in [0.3, 0.4) is 0 Å². The normalized spacial score (nSPS) is 14.7. The number of carbonyl (C=O) groups is 1. The van der Waals surface area contributed by atoms with Crippen molar-refractivity contribution in [2.24, 2.45) is 0 Å². The number of rotatable bonds is 6. The van der Waals surface area contributed by atoms with Gasteiger partial charge in [-0.3, -0.25) is 4.79 Å². The number of para-hydroxylation sites is 1. The summed E-state index contributed by atoms with van der Waals surface area (Å²) in [6.45, 7) is 4.10. The molecule has 1 aliphatic carbocycles. The predicted molar refractivity (Wildman–Crippen MR) is 114 cm³/mol. The second-order valence-corrected chi connectivity index (χ2v) is 8.26. The molecule has 0 radical (unpaired) electrons. The Labute approximate surface area is 170 Å². The van der Waals surface area contributed by atoms with E-state index in [1.807, 2.05) is 23.7 Å². The monoisotopic (exact) mass is 391 g/mol. The maximum absolute atomic E-state index is 13.1. The van der Waals surface area contributed by atoms with Crippen molar-refractivity contribution in [3.05, 3.63) is 77.1 Å². The predicted octanol–water partition coefficient (Wildman–Crippen LogP) is 5.27. The molecule has 1 N–H and O–H groups in total. The highest BCUT2D eigenvalue weighted by atomic mass is 32.2. The van der Waals surface area contributed by atoms with E-state index >= 15 is 0 Å². The van der Waals surface area contributed by atoms with Gasteiger partial charge in [0.1, 0.15) is 0 Å². The van der Waals surface area contributed by atoms with Crippen LogP contribution in [0.4, 0.5) is 0 Å². The van der Waals surface area contributed by atoms with Gasteiger partial charge < -0.3 is 5.32 Å². The molecular weight excluding hydrogens is 366 g/mol. The summed E-state index contributed by atoms with van der Waals surface area (Å²) in [6, 6.07) is 16.5. The van der Waals surface area contributed by atoms with Crippen LogP contribution in [-0.4, -0.2) is 21.9 Å². The second-order valence-electron chi connectivity index (χ2n) is 7.38. The van der Waals surface area contributed by atoms with Gasteiger partial charge in [-0.25, -0.2) is 4.68 Å². The van der Waals surface area contributed by atoms with Gasteiger partial charge >= 0.3 is 0 Å². The Balaban J connectivity index is 1.60. The van der Waals surface area contributed by atoms with Crippen LogP contribution in [0.2, 0.25) is 0 Å². The third kappa shape index (κ3) is 3.72. The lowest BCUT2D eigenvalue weighted by molar-refractivity contribution is 0.0939. The van der Waals surface area contributed by atoms with E-state index in [4.69, 9.17) is 0 Å². The molecule has 0 aliphatic heterocycles. The average Bonchev–Trinajstić information content (AvgIpc) is 3.46. The van der Waals surface area contributed by atoms with E-state index in [0.717, 1.165) is 35.3 Å². The van der Waals surface area contributed by atoms with E-state index in [0.29, 0.717) is 11.5 Å². The van der Waals surface area contributed by atoms with Crippen LogP contribution >= 0.6 is 11.8 Å². The lowest BCUT2D eigenvalue weighted by Gasteiger charge is -2.16. The highest BCUT2D eigenvalue weighted by Crippen LogP contribution is 2.42. The maximum Gasteiger partial charge on any atom is 0.255 e. The molecule has 1 atom stereocenters. The van der Waals surface area contributed by atoms with Crippen LogP contribution < -0.4 is 5.32 Å². The molecule has 4 nitrogen and oxygen atoms in total. The Kier molecular flexibility index (Phi) is 5.27. The van der Waals surface area contributed by atoms with E-state index in [9.17, 15) is 4.79 Å². The number of aryl methyl sites for hydroxylation is 1. The average molecular weight is 392 g/mol. The number of hydrogen-bond acceptors (Lipinski definition) is 3. The first-order chi connectivity index (χ1) is 13.6. The number of amides is 1. The van der Waals surface area contributed by atoms with Crippen LogP contribution in [0.25, 0.3) is 5.69 Å². The Hall–Kier alpha value is -2.53. The van der Waals surface area contributed by atoms with E-state index in [1.54, 1.807) is 18.0 Å². The van der Waals surface area contributed by atoms with Crippen molar-refractivity contribution >= 4 is 17.7 Å². The highest BCUT2D eigenvalue weighted by molar-refractivity contribution is 7.98. The van der Waals surface area contributed by atoms with Gasteiger partial charge in [-0.05, 0) is 62.3 Å². The standard InChI is InChI=1S/C23H25N3OS/c1-15-6-4-5-7-21(15)26-22(18-8-9-18)20(14-24-26)23(27)25-16(2)17-10-12-19(28-3)13-11-17/h4-7,10-14,16,18H,8-9H2,1-3H3,(H,25,27). The Morgan fingerprint density at radius 3 is 2.54 bits per heavy atom. The van der Waals surface area contributed by atoms with Gasteiger partial charge in [0.2, 0.25) is 0 Å². The van der Waals surface area contributed by atoms with Crippen molar-refractivity contribution in [2.75, 3.05) is 6.26 Å². The lowest BCUT2D eigenvalue weighted by atomic mass is 10.1. The third-order valence-corrected chi connectivity index (χ3v) is 6.07.